The lowest BCUT2D eigenvalue weighted by Crippen LogP contribution is -2.48. The van der Waals surface area contributed by atoms with Crippen molar-refractivity contribution in [2.75, 3.05) is 32.8 Å². The zero-order valence-electron chi connectivity index (χ0n) is 14.8. The topological polar surface area (TPSA) is 32.8 Å². The lowest BCUT2D eigenvalue weighted by molar-refractivity contribution is 0.0624. The maximum absolute atomic E-state index is 13.2. The second kappa shape index (κ2) is 8.52. The molecule has 0 N–H and O–H groups in total. The number of nitrogens with zero attached hydrogens (tertiary/aromatic N) is 2. The molecule has 0 radical (unpaired) electrons. The van der Waals surface area contributed by atoms with E-state index in [4.69, 9.17) is 16.3 Å². The molecule has 4 nitrogen and oxygen atoms in total. The number of carbonyl (C=O) groups is 1. The van der Waals surface area contributed by atoms with Crippen LogP contribution in [-0.2, 0) is 6.54 Å². The molecule has 0 aromatic heterocycles. The summed E-state index contributed by atoms with van der Waals surface area (Å²) in [5.74, 6) is 0.288. The fourth-order valence-electron chi connectivity index (χ4n) is 3.09. The van der Waals surface area contributed by atoms with E-state index in [9.17, 15) is 9.18 Å². The number of hydrogen-bond acceptors (Lipinski definition) is 3. The Morgan fingerprint density at radius 3 is 2.58 bits per heavy atom. The van der Waals surface area contributed by atoms with Gasteiger partial charge in [0.1, 0.15) is 11.6 Å². The van der Waals surface area contributed by atoms with Crippen LogP contribution in [0.5, 0.6) is 5.75 Å². The van der Waals surface area contributed by atoms with Crippen molar-refractivity contribution in [1.82, 2.24) is 9.80 Å². The van der Waals surface area contributed by atoms with Gasteiger partial charge < -0.3 is 9.64 Å². The van der Waals surface area contributed by atoms with Crippen molar-refractivity contribution in [1.29, 1.82) is 0 Å². The molecule has 1 heterocycles. The minimum Gasteiger partial charge on any atom is -0.493 e. The van der Waals surface area contributed by atoms with Crippen LogP contribution in [0, 0.1) is 5.82 Å². The van der Waals surface area contributed by atoms with Gasteiger partial charge in [-0.1, -0.05) is 29.8 Å². The number of rotatable bonds is 5. The number of halogens is 2. The van der Waals surface area contributed by atoms with Crippen molar-refractivity contribution in [3.8, 4) is 5.75 Å². The standard InChI is InChI=1S/C20H22ClFN2O2/c1-2-26-19-6-4-3-5-17(19)20(25)24-11-9-23(10-12-24)14-15-7-8-16(22)13-18(15)21/h3-8,13H,2,9-12,14H2,1H3. The Morgan fingerprint density at radius 1 is 1.15 bits per heavy atom. The second-order valence-corrected chi connectivity index (χ2v) is 6.64. The van der Waals surface area contributed by atoms with Crippen LogP contribution in [0.4, 0.5) is 4.39 Å². The second-order valence-electron chi connectivity index (χ2n) is 6.23. The molecule has 1 fully saturated rings. The Kier molecular flexibility index (Phi) is 6.12. The summed E-state index contributed by atoms with van der Waals surface area (Å²) < 4.78 is 18.7. The number of ether oxygens (including phenoxy) is 1. The van der Waals surface area contributed by atoms with Gasteiger partial charge in [-0.3, -0.25) is 9.69 Å². The molecule has 0 atom stereocenters. The van der Waals surface area contributed by atoms with E-state index >= 15 is 0 Å². The van der Waals surface area contributed by atoms with Crippen LogP contribution < -0.4 is 4.74 Å². The van der Waals surface area contributed by atoms with Gasteiger partial charge in [0, 0.05) is 37.7 Å². The van der Waals surface area contributed by atoms with Crippen molar-refractivity contribution in [2.45, 2.75) is 13.5 Å². The summed E-state index contributed by atoms with van der Waals surface area (Å²) in [6, 6.07) is 11.8. The molecule has 0 aliphatic carbocycles. The fraction of sp³-hybridized carbons (Fsp3) is 0.350. The Bertz CT molecular complexity index is 776. The molecule has 0 bridgehead atoms. The normalized spacial score (nSPS) is 15.1. The van der Waals surface area contributed by atoms with E-state index in [1.54, 1.807) is 12.1 Å². The van der Waals surface area contributed by atoms with Crippen molar-refractivity contribution in [3.63, 3.8) is 0 Å². The number of benzene rings is 2. The van der Waals surface area contributed by atoms with E-state index < -0.39 is 0 Å². The van der Waals surface area contributed by atoms with Gasteiger partial charge in [0.15, 0.2) is 0 Å². The SMILES string of the molecule is CCOc1ccccc1C(=O)N1CCN(Cc2ccc(F)cc2Cl)CC1. The van der Waals surface area contributed by atoms with Crippen LogP contribution in [-0.4, -0.2) is 48.5 Å². The van der Waals surface area contributed by atoms with Crippen LogP contribution in [0.3, 0.4) is 0 Å². The van der Waals surface area contributed by atoms with Gasteiger partial charge >= 0.3 is 0 Å². The van der Waals surface area contributed by atoms with Crippen molar-refractivity contribution >= 4 is 17.5 Å². The maximum Gasteiger partial charge on any atom is 0.257 e. The predicted molar refractivity (Wildman–Crippen MR) is 100 cm³/mol. The molecule has 2 aromatic carbocycles. The third kappa shape index (κ3) is 4.34. The molecule has 0 spiro atoms. The summed E-state index contributed by atoms with van der Waals surface area (Å²) in [4.78, 5) is 16.9. The van der Waals surface area contributed by atoms with Gasteiger partial charge in [-0.2, -0.15) is 0 Å². The monoisotopic (exact) mass is 376 g/mol. The number of hydrogen-bond donors (Lipinski definition) is 0. The first-order chi connectivity index (χ1) is 12.6. The molecule has 26 heavy (non-hydrogen) atoms. The van der Waals surface area contributed by atoms with E-state index in [1.165, 1.54) is 12.1 Å². The first-order valence-electron chi connectivity index (χ1n) is 8.76. The maximum atomic E-state index is 13.2. The Morgan fingerprint density at radius 2 is 1.88 bits per heavy atom. The van der Waals surface area contributed by atoms with Crippen LogP contribution in [0.25, 0.3) is 0 Å². The summed E-state index contributed by atoms with van der Waals surface area (Å²) >= 11 is 6.11. The molecule has 0 saturated carbocycles. The molecule has 6 heteroatoms. The molecule has 138 valence electrons. The fourth-order valence-corrected chi connectivity index (χ4v) is 3.32. The lowest BCUT2D eigenvalue weighted by atomic mass is 10.1. The molecule has 3 rings (SSSR count). The summed E-state index contributed by atoms with van der Waals surface area (Å²) in [5.41, 5.74) is 1.50. The molecule has 1 aliphatic heterocycles. The third-order valence-corrected chi connectivity index (χ3v) is 4.84. The molecule has 1 amide bonds. The van der Waals surface area contributed by atoms with Gasteiger partial charge in [-0.15, -0.1) is 0 Å². The average Bonchev–Trinajstić information content (AvgIpc) is 2.65. The number of amides is 1. The molecule has 1 aliphatic rings. The summed E-state index contributed by atoms with van der Waals surface area (Å²) in [7, 11) is 0. The van der Waals surface area contributed by atoms with Crippen molar-refractivity contribution in [2.24, 2.45) is 0 Å². The lowest BCUT2D eigenvalue weighted by Gasteiger charge is -2.35. The zero-order valence-corrected chi connectivity index (χ0v) is 15.5. The van der Waals surface area contributed by atoms with E-state index in [-0.39, 0.29) is 11.7 Å². The smallest absolute Gasteiger partial charge is 0.257 e. The van der Waals surface area contributed by atoms with Gasteiger partial charge in [-0.05, 0) is 36.8 Å². The highest BCUT2D eigenvalue weighted by molar-refractivity contribution is 6.31. The Balaban J connectivity index is 1.60. The van der Waals surface area contributed by atoms with E-state index in [2.05, 4.69) is 4.90 Å². The number of carbonyl (C=O) groups excluding carboxylic acids is 1. The van der Waals surface area contributed by atoms with E-state index in [0.29, 0.717) is 42.6 Å². The van der Waals surface area contributed by atoms with Gasteiger partial charge in [0.2, 0.25) is 0 Å². The minimum absolute atomic E-state index is 0.00601. The highest BCUT2D eigenvalue weighted by atomic mass is 35.5. The minimum atomic E-state index is -0.331. The Hall–Kier alpha value is -2.11. The van der Waals surface area contributed by atoms with Crippen LogP contribution in [0.15, 0.2) is 42.5 Å². The quantitative estimate of drug-likeness (QED) is 0.795. The van der Waals surface area contributed by atoms with Gasteiger partial charge in [0.25, 0.3) is 5.91 Å². The van der Waals surface area contributed by atoms with E-state index in [1.807, 2.05) is 30.0 Å². The highest BCUT2D eigenvalue weighted by Gasteiger charge is 2.24. The largest absolute Gasteiger partial charge is 0.493 e. The summed E-state index contributed by atoms with van der Waals surface area (Å²) in [6.45, 7) is 5.84. The van der Waals surface area contributed by atoms with Gasteiger partial charge in [0.05, 0.1) is 12.2 Å². The first kappa shape index (κ1) is 18.7. The van der Waals surface area contributed by atoms with Crippen LogP contribution in [0.1, 0.15) is 22.8 Å². The highest BCUT2D eigenvalue weighted by Crippen LogP contribution is 2.22. The molecule has 0 unspecified atom stereocenters. The van der Waals surface area contributed by atoms with Gasteiger partial charge in [-0.25, -0.2) is 4.39 Å². The molecule has 2 aromatic rings. The first-order valence-corrected chi connectivity index (χ1v) is 9.13. The zero-order chi connectivity index (χ0) is 18.5. The molecule has 1 saturated heterocycles. The van der Waals surface area contributed by atoms with Crippen LogP contribution in [0.2, 0.25) is 5.02 Å². The molecular weight excluding hydrogens is 355 g/mol. The summed E-state index contributed by atoms with van der Waals surface area (Å²) in [6.07, 6.45) is 0. The van der Waals surface area contributed by atoms with Crippen molar-refractivity contribution < 1.29 is 13.9 Å². The predicted octanol–water partition coefficient (Wildman–Crippen LogP) is 3.84. The molecular formula is C20H22ClFN2O2. The third-order valence-electron chi connectivity index (χ3n) is 4.49. The number of piperazine rings is 1. The summed E-state index contributed by atoms with van der Waals surface area (Å²) in [5, 5.41) is 0.439. The van der Waals surface area contributed by atoms with Crippen LogP contribution >= 0.6 is 11.6 Å². The van der Waals surface area contributed by atoms with Crippen molar-refractivity contribution in [3.05, 3.63) is 64.4 Å². The average molecular weight is 377 g/mol. The van der Waals surface area contributed by atoms with E-state index in [0.717, 1.165) is 18.7 Å². The number of para-hydroxylation sites is 1. The Labute approximate surface area is 158 Å².